The maximum Gasteiger partial charge on any atom is 0.249 e. The molecule has 3 heterocycles. The third-order valence-electron chi connectivity index (χ3n) is 5.04. The number of β-lactam (4-membered cyclic amide) rings is 1. The number of hydrogen-bond acceptors (Lipinski definition) is 7. The Morgan fingerprint density at radius 2 is 2.22 bits per heavy atom. The van der Waals surface area contributed by atoms with Gasteiger partial charge in [-0.15, -0.1) is 16.9 Å². The molecule has 1 aromatic heterocycles. The number of aryl methyl sites for hydroxylation is 1. The van der Waals surface area contributed by atoms with Crippen molar-refractivity contribution in [3.8, 4) is 0 Å². The second kappa shape index (κ2) is 6.31. The molecule has 27 heavy (non-hydrogen) atoms. The van der Waals surface area contributed by atoms with E-state index >= 15 is 0 Å². The molecule has 2 fully saturated rings. The van der Waals surface area contributed by atoms with Gasteiger partial charge in [0.1, 0.15) is 23.5 Å². The molecule has 1 aromatic carbocycles. The first-order valence-electron chi connectivity index (χ1n) is 8.66. The van der Waals surface area contributed by atoms with Crippen molar-refractivity contribution in [2.75, 3.05) is 0 Å². The van der Waals surface area contributed by atoms with Crippen LogP contribution in [0.5, 0.6) is 0 Å². The van der Waals surface area contributed by atoms with Gasteiger partial charge in [-0.05, 0) is 36.8 Å². The van der Waals surface area contributed by atoms with Crippen molar-refractivity contribution >= 4 is 23.6 Å². The summed E-state index contributed by atoms with van der Waals surface area (Å²) in [5, 5.41) is 16.6. The Hall–Kier alpha value is -2.46. The number of aromatic amines is 1. The number of nitrogens with zero attached hydrogens (tertiary/aromatic N) is 4. The van der Waals surface area contributed by atoms with Gasteiger partial charge in [0.15, 0.2) is 5.82 Å². The second-order valence-corrected chi connectivity index (χ2v) is 9.20. The van der Waals surface area contributed by atoms with Crippen molar-refractivity contribution in [2.24, 2.45) is 5.73 Å². The van der Waals surface area contributed by atoms with Crippen LogP contribution in [0, 0.1) is 6.92 Å². The molecule has 3 unspecified atom stereocenters. The van der Waals surface area contributed by atoms with Crippen LogP contribution >= 0.6 is 11.8 Å². The summed E-state index contributed by atoms with van der Waals surface area (Å²) in [4.78, 5) is 27.1. The van der Waals surface area contributed by atoms with Crippen LogP contribution in [0.3, 0.4) is 0 Å². The smallest absolute Gasteiger partial charge is 0.249 e. The zero-order valence-electron chi connectivity index (χ0n) is 15.2. The summed E-state index contributed by atoms with van der Waals surface area (Å²) in [6.07, 6.45) is 0. The molecule has 4 rings (SSSR count). The van der Waals surface area contributed by atoms with E-state index < -0.39 is 12.1 Å². The summed E-state index contributed by atoms with van der Waals surface area (Å²) in [6.45, 7) is 6.01. The third kappa shape index (κ3) is 2.88. The van der Waals surface area contributed by atoms with Crippen LogP contribution in [-0.2, 0) is 9.59 Å². The van der Waals surface area contributed by atoms with Gasteiger partial charge < -0.3 is 16.0 Å². The molecule has 4 atom stereocenters. The Bertz CT molecular complexity index is 885. The Kier molecular flexibility index (Phi) is 4.19. The Morgan fingerprint density at radius 1 is 1.44 bits per heavy atom. The first-order chi connectivity index (χ1) is 12.8. The lowest BCUT2D eigenvalue weighted by Gasteiger charge is -2.44. The van der Waals surface area contributed by atoms with Gasteiger partial charge in [0.05, 0.1) is 0 Å². The van der Waals surface area contributed by atoms with E-state index in [9.17, 15) is 9.59 Å². The normalized spacial score (nSPS) is 27.0. The number of carbonyl (C=O) groups excluding carboxylic acids is 2. The number of nitrogens with one attached hydrogen (secondary N) is 2. The van der Waals surface area contributed by atoms with Crippen molar-refractivity contribution in [1.29, 1.82) is 0 Å². The van der Waals surface area contributed by atoms with Gasteiger partial charge >= 0.3 is 0 Å². The van der Waals surface area contributed by atoms with E-state index in [2.05, 4.69) is 25.9 Å². The average Bonchev–Trinajstić information content (AvgIpc) is 3.23. The van der Waals surface area contributed by atoms with Gasteiger partial charge in [-0.3, -0.25) is 9.59 Å². The van der Waals surface area contributed by atoms with E-state index in [1.54, 1.807) is 16.7 Å². The molecule has 0 spiro atoms. The number of carbonyl (C=O) groups is 2. The molecule has 0 radical (unpaired) electrons. The fraction of sp³-hybridized carbons (Fsp3) is 0.471. The fourth-order valence-electron chi connectivity index (χ4n) is 3.73. The summed E-state index contributed by atoms with van der Waals surface area (Å²) in [5.74, 6) is 0.0376. The van der Waals surface area contributed by atoms with Gasteiger partial charge in [-0.1, -0.05) is 29.8 Å². The summed E-state index contributed by atoms with van der Waals surface area (Å²) in [6, 6.07) is 5.80. The predicted molar refractivity (Wildman–Crippen MR) is 99.3 cm³/mol. The number of nitrogens with two attached hydrogens (primary N) is 1. The summed E-state index contributed by atoms with van der Waals surface area (Å²) in [5.41, 5.74) is 7.85. The number of tetrazole rings is 1. The van der Waals surface area contributed by atoms with E-state index in [4.69, 9.17) is 5.73 Å². The highest BCUT2D eigenvalue weighted by atomic mass is 32.2. The minimum Gasteiger partial charge on any atom is -0.340 e. The van der Waals surface area contributed by atoms with Crippen LogP contribution in [-0.4, -0.2) is 53.5 Å². The minimum absolute atomic E-state index is 0.149. The van der Waals surface area contributed by atoms with Crippen LogP contribution in [0.1, 0.15) is 42.9 Å². The summed E-state index contributed by atoms with van der Waals surface area (Å²) < 4.78 is -0.292. The van der Waals surface area contributed by atoms with E-state index in [1.165, 1.54) is 0 Å². The zero-order valence-corrected chi connectivity index (χ0v) is 16.0. The molecular formula is C17H21N7O2S. The lowest BCUT2D eigenvalue weighted by molar-refractivity contribution is -0.152. The first kappa shape index (κ1) is 17.9. The molecule has 142 valence electrons. The summed E-state index contributed by atoms with van der Waals surface area (Å²) >= 11 is 1.62. The number of amides is 2. The number of hydrogen-bond donors (Lipinski definition) is 3. The van der Waals surface area contributed by atoms with Gasteiger partial charge in [0.25, 0.3) is 0 Å². The van der Waals surface area contributed by atoms with Crippen LogP contribution in [0.15, 0.2) is 24.3 Å². The van der Waals surface area contributed by atoms with E-state index in [0.29, 0.717) is 5.82 Å². The largest absolute Gasteiger partial charge is 0.340 e. The molecule has 2 aliphatic rings. The van der Waals surface area contributed by atoms with Gasteiger partial charge in [0, 0.05) is 4.75 Å². The maximum atomic E-state index is 12.8. The maximum absolute atomic E-state index is 12.8. The molecule has 4 N–H and O–H groups in total. The predicted octanol–water partition coefficient (Wildman–Crippen LogP) is 0.428. The standard InChI is InChI=1S/C17H21N7O2S/c1-8-5-4-6-9(7-8)10(18)14(25)19-11-15(26)24-12(13-20-22-23-21-13)17(2,3)27-16(11)24/h4-7,10-12,16H,18H2,1-3H3,(H,19,25)(H,20,21,22,23)/t10?,11?,12?,16-/m0/s1. The molecule has 0 bridgehead atoms. The van der Waals surface area contributed by atoms with Crippen LogP contribution in [0.25, 0.3) is 0 Å². The number of H-pyrrole nitrogens is 1. The second-order valence-electron chi connectivity index (χ2n) is 7.42. The van der Waals surface area contributed by atoms with Crippen molar-refractivity contribution < 1.29 is 9.59 Å². The van der Waals surface area contributed by atoms with Crippen molar-refractivity contribution in [3.05, 3.63) is 41.2 Å². The fourth-order valence-corrected chi connectivity index (χ4v) is 5.37. The van der Waals surface area contributed by atoms with E-state index in [-0.39, 0.29) is 28.0 Å². The molecule has 2 saturated heterocycles. The number of aromatic nitrogens is 4. The number of fused-ring (bicyclic) bond motifs is 1. The van der Waals surface area contributed by atoms with Crippen molar-refractivity contribution in [1.82, 2.24) is 30.8 Å². The first-order valence-corrected chi connectivity index (χ1v) is 9.54. The lowest BCUT2D eigenvalue weighted by Crippen LogP contribution is -2.68. The Balaban J connectivity index is 1.49. The van der Waals surface area contributed by atoms with Crippen molar-refractivity contribution in [3.63, 3.8) is 0 Å². The summed E-state index contributed by atoms with van der Waals surface area (Å²) in [7, 11) is 0. The van der Waals surface area contributed by atoms with E-state index in [0.717, 1.165) is 11.1 Å². The SMILES string of the molecule is Cc1cccc(C(N)C(=O)NC2C(=O)N3C(c4nnn[nH]4)C(C)(C)S[C@@H]23)c1. The molecule has 2 amide bonds. The molecule has 9 nitrogen and oxygen atoms in total. The highest BCUT2D eigenvalue weighted by molar-refractivity contribution is 8.01. The van der Waals surface area contributed by atoms with E-state index in [1.807, 2.05) is 45.0 Å². The average molecular weight is 387 g/mol. The van der Waals surface area contributed by atoms with Gasteiger partial charge in [-0.2, -0.15) is 0 Å². The highest BCUT2D eigenvalue weighted by Gasteiger charge is 2.63. The molecule has 0 aliphatic carbocycles. The van der Waals surface area contributed by atoms with Gasteiger partial charge in [-0.25, -0.2) is 5.10 Å². The Morgan fingerprint density at radius 3 is 2.89 bits per heavy atom. The number of thioether (sulfide) groups is 1. The monoisotopic (exact) mass is 387 g/mol. The highest BCUT2D eigenvalue weighted by Crippen LogP contribution is 2.56. The third-order valence-corrected chi connectivity index (χ3v) is 6.61. The molecule has 0 saturated carbocycles. The Labute approximate surface area is 160 Å². The number of benzene rings is 1. The lowest BCUT2D eigenvalue weighted by atomic mass is 9.95. The van der Waals surface area contributed by atoms with Gasteiger partial charge in [0.2, 0.25) is 11.8 Å². The van der Waals surface area contributed by atoms with Crippen LogP contribution < -0.4 is 11.1 Å². The van der Waals surface area contributed by atoms with Crippen molar-refractivity contribution in [2.45, 2.75) is 49.0 Å². The molecule has 2 aromatic rings. The number of rotatable bonds is 4. The molecule has 2 aliphatic heterocycles. The van der Waals surface area contributed by atoms with Crippen LogP contribution in [0.4, 0.5) is 0 Å². The topological polar surface area (TPSA) is 130 Å². The quantitative estimate of drug-likeness (QED) is 0.649. The zero-order chi connectivity index (χ0) is 19.3. The molecule has 10 heteroatoms. The minimum atomic E-state index is -0.819. The van der Waals surface area contributed by atoms with Crippen LogP contribution in [0.2, 0.25) is 0 Å². The molecular weight excluding hydrogens is 366 g/mol.